The predicted molar refractivity (Wildman–Crippen MR) is 94.0 cm³/mol. The maximum Gasteiger partial charge on any atom is 0.380 e. The van der Waals surface area contributed by atoms with Crippen LogP contribution in [0.15, 0.2) is 12.1 Å². The molecule has 0 aliphatic heterocycles. The van der Waals surface area contributed by atoms with E-state index in [9.17, 15) is 0 Å². The van der Waals surface area contributed by atoms with E-state index in [1.165, 1.54) is 21.3 Å². The Morgan fingerprint density at radius 2 is 1.63 bits per heavy atom. The average molecular weight is 651 g/mol. The second-order valence-corrected chi connectivity index (χ2v) is 7.73. The third-order valence-corrected chi connectivity index (χ3v) is 5.88. The molecule has 0 unspecified atom stereocenters. The Morgan fingerprint density at radius 3 is 2.05 bits per heavy atom. The molecule has 0 saturated heterocycles. The molecule has 2 N–H and O–H groups in total. The van der Waals surface area contributed by atoms with Gasteiger partial charge in [-0.05, 0) is 35.7 Å². The van der Waals surface area contributed by atoms with Crippen LogP contribution in [0.2, 0.25) is 10.0 Å². The van der Waals surface area contributed by atoms with Crippen LogP contribution in [0.1, 0.15) is 0 Å². The Hall–Kier alpha value is 1.78. The molecule has 1 aromatic rings. The molecule has 10 heteroatoms. The second kappa shape index (κ2) is 11.4. The molecular weight excluding hydrogens is 638 g/mol. The topological polar surface area (TPSA) is 53.7 Å². The van der Waals surface area contributed by atoms with Gasteiger partial charge in [-0.1, -0.05) is 23.2 Å². The first-order chi connectivity index (χ1) is 8.41. The summed E-state index contributed by atoms with van der Waals surface area (Å²) in [7, 11) is 4.35. The molecule has 0 amide bonds. The van der Waals surface area contributed by atoms with Gasteiger partial charge in [0.2, 0.25) is 0 Å². The van der Waals surface area contributed by atoms with E-state index in [4.69, 9.17) is 48.6 Å². The molecule has 1 rings (SSSR count). The van der Waals surface area contributed by atoms with Crippen LogP contribution in [0.3, 0.4) is 0 Å². The van der Waals surface area contributed by atoms with Gasteiger partial charge in [0.25, 0.3) is 0 Å². The summed E-state index contributed by atoms with van der Waals surface area (Å²) in [4.78, 5) is 0. The minimum absolute atomic E-state index is 0. The van der Waals surface area contributed by atoms with E-state index in [0.717, 1.165) is 3.57 Å². The standard InChI is InChI=1S/C8H8Cl2IO3PS.CH5N.Pb/c1-12-15(16,13-2)14-8-4-5(9)7(11)3-6(8)10;1-2;/h3-4H,1-2H3;2H2,1H3;. The van der Waals surface area contributed by atoms with Crippen molar-refractivity contribution in [2.24, 2.45) is 5.73 Å². The first-order valence-corrected chi connectivity index (χ1v) is 8.94. The van der Waals surface area contributed by atoms with Gasteiger partial charge in [-0.2, -0.15) is 0 Å². The number of rotatable bonds is 4. The molecule has 0 aliphatic rings. The quantitative estimate of drug-likeness (QED) is 0.233. The van der Waals surface area contributed by atoms with Crippen LogP contribution in [0.5, 0.6) is 5.75 Å². The fourth-order valence-corrected chi connectivity index (χ4v) is 2.84. The number of halogens is 3. The molecule has 4 nitrogen and oxygen atoms in total. The van der Waals surface area contributed by atoms with E-state index in [1.807, 2.05) is 0 Å². The van der Waals surface area contributed by atoms with Gasteiger partial charge in [0, 0.05) is 63.0 Å². The molecule has 0 aromatic heterocycles. The van der Waals surface area contributed by atoms with Crippen LogP contribution < -0.4 is 10.3 Å². The van der Waals surface area contributed by atoms with Crippen molar-refractivity contribution in [2.75, 3.05) is 21.3 Å². The van der Waals surface area contributed by atoms with E-state index in [1.54, 1.807) is 12.1 Å². The van der Waals surface area contributed by atoms with Crippen molar-refractivity contribution in [2.45, 2.75) is 0 Å². The van der Waals surface area contributed by atoms with Gasteiger partial charge in [0.05, 0.1) is 10.0 Å². The summed E-state index contributed by atoms with van der Waals surface area (Å²) in [5, 5.41) is 0.950. The summed E-state index contributed by atoms with van der Waals surface area (Å²) in [5.41, 5.74) is 4.50. The number of hydrogen-bond acceptors (Lipinski definition) is 5. The fourth-order valence-electron chi connectivity index (χ4n) is 0.844. The SMILES string of the molecule is CN.COP(=S)(OC)Oc1cc(Cl)c(I)cc1Cl.[Pb]. The Labute approximate surface area is 162 Å². The van der Waals surface area contributed by atoms with Gasteiger partial charge in [-0.15, -0.1) is 0 Å². The molecular formula is C9H13Cl2INO3PPbS. The fraction of sp³-hybridized carbons (Fsp3) is 0.333. The minimum atomic E-state index is -2.78. The zero-order valence-corrected chi connectivity index (χ0v) is 19.7. The van der Waals surface area contributed by atoms with Crippen molar-refractivity contribution in [3.05, 3.63) is 25.7 Å². The molecule has 0 heterocycles. The van der Waals surface area contributed by atoms with Crippen LogP contribution in [-0.4, -0.2) is 48.6 Å². The van der Waals surface area contributed by atoms with Crippen LogP contribution in [0.25, 0.3) is 0 Å². The molecule has 108 valence electrons. The van der Waals surface area contributed by atoms with E-state index in [-0.39, 0.29) is 27.3 Å². The van der Waals surface area contributed by atoms with E-state index in [2.05, 4.69) is 28.3 Å². The van der Waals surface area contributed by atoms with Crippen LogP contribution in [0, 0.1) is 3.57 Å². The Kier molecular flexibility index (Phi) is 13.8. The third kappa shape index (κ3) is 7.55. The summed E-state index contributed by atoms with van der Waals surface area (Å²) in [6.07, 6.45) is 0. The van der Waals surface area contributed by atoms with Crippen molar-refractivity contribution in [1.29, 1.82) is 0 Å². The molecule has 0 saturated carbocycles. The first kappa shape index (κ1) is 23.1. The van der Waals surface area contributed by atoms with Crippen molar-refractivity contribution >= 4 is 91.6 Å². The van der Waals surface area contributed by atoms with E-state index < -0.39 is 6.72 Å². The van der Waals surface area contributed by atoms with Crippen molar-refractivity contribution in [3.63, 3.8) is 0 Å². The smallest absolute Gasteiger partial charge is 0.380 e. The maximum atomic E-state index is 5.99. The number of nitrogens with two attached hydrogens (primary N) is 1. The van der Waals surface area contributed by atoms with E-state index >= 15 is 0 Å². The predicted octanol–water partition coefficient (Wildman–Crippen LogP) is 3.69. The van der Waals surface area contributed by atoms with Crippen LogP contribution >= 0.6 is 52.5 Å². The van der Waals surface area contributed by atoms with Crippen molar-refractivity contribution in [1.82, 2.24) is 0 Å². The maximum absolute atomic E-state index is 5.99. The summed E-state index contributed by atoms with van der Waals surface area (Å²) < 4.78 is 16.2. The first-order valence-electron chi connectivity index (χ1n) is 4.55. The van der Waals surface area contributed by atoms with E-state index in [0.29, 0.717) is 15.8 Å². The van der Waals surface area contributed by atoms with Crippen molar-refractivity contribution in [3.8, 4) is 5.75 Å². The van der Waals surface area contributed by atoms with Gasteiger partial charge in [-0.25, -0.2) is 0 Å². The van der Waals surface area contributed by atoms with Crippen LogP contribution in [-0.2, 0) is 20.9 Å². The molecule has 19 heavy (non-hydrogen) atoms. The normalized spacial score (nSPS) is 10.1. The average Bonchev–Trinajstić information content (AvgIpc) is 2.38. The summed E-state index contributed by atoms with van der Waals surface area (Å²) in [5.74, 6) is 0.360. The zero-order valence-electron chi connectivity index (χ0n) is 10.4. The van der Waals surface area contributed by atoms with Crippen molar-refractivity contribution < 1.29 is 13.6 Å². The van der Waals surface area contributed by atoms with Gasteiger partial charge >= 0.3 is 6.72 Å². The third-order valence-electron chi connectivity index (χ3n) is 1.63. The number of benzene rings is 1. The zero-order chi connectivity index (χ0) is 14.3. The van der Waals surface area contributed by atoms with Gasteiger partial charge in [-0.3, -0.25) is 0 Å². The molecule has 0 fully saturated rings. The second-order valence-electron chi connectivity index (χ2n) is 2.60. The summed E-state index contributed by atoms with van der Waals surface area (Å²) in [6.45, 7) is -2.78. The van der Waals surface area contributed by atoms with Gasteiger partial charge in [0.15, 0.2) is 0 Å². The molecule has 0 aliphatic carbocycles. The summed E-state index contributed by atoms with van der Waals surface area (Å²) in [6, 6.07) is 3.27. The molecule has 0 spiro atoms. The van der Waals surface area contributed by atoms with Crippen LogP contribution in [0.4, 0.5) is 0 Å². The molecule has 4 radical (unpaired) electrons. The Morgan fingerprint density at radius 1 is 1.16 bits per heavy atom. The number of hydrogen-bond donors (Lipinski definition) is 1. The Bertz CT molecular complexity index is 448. The van der Waals surface area contributed by atoms with Gasteiger partial charge < -0.3 is 19.3 Å². The monoisotopic (exact) mass is 651 g/mol. The largest absolute Gasteiger partial charge is 0.422 e. The molecule has 1 aromatic carbocycles. The Balaban J connectivity index is 0. The molecule has 0 bridgehead atoms. The molecule has 0 atom stereocenters. The minimum Gasteiger partial charge on any atom is -0.422 e. The summed E-state index contributed by atoms with van der Waals surface area (Å²) >= 11 is 19.1. The van der Waals surface area contributed by atoms with Gasteiger partial charge in [0.1, 0.15) is 5.75 Å².